The molecule has 0 spiro atoms. The molecule has 0 saturated heterocycles. The summed E-state index contributed by atoms with van der Waals surface area (Å²) in [6.07, 6.45) is 2.70. The molecule has 0 fully saturated rings. The van der Waals surface area contributed by atoms with Gasteiger partial charge >= 0.3 is 0 Å². The van der Waals surface area contributed by atoms with Gasteiger partial charge in [-0.3, -0.25) is 4.79 Å². The van der Waals surface area contributed by atoms with E-state index in [1.54, 1.807) is 0 Å². The van der Waals surface area contributed by atoms with Crippen LogP contribution >= 0.6 is 0 Å². The normalized spacial score (nSPS) is 11.0. The highest BCUT2D eigenvalue weighted by atomic mass is 16.5. The summed E-state index contributed by atoms with van der Waals surface area (Å²) in [6, 6.07) is 9.70. The molecule has 0 aliphatic carbocycles. The van der Waals surface area contributed by atoms with Gasteiger partial charge in [0.1, 0.15) is 17.9 Å². The van der Waals surface area contributed by atoms with Crippen LogP contribution in [0.5, 0.6) is 5.75 Å². The van der Waals surface area contributed by atoms with E-state index in [1.807, 2.05) is 81.7 Å². The van der Waals surface area contributed by atoms with Crippen LogP contribution < -0.4 is 15.0 Å². The number of nitrogens with one attached hydrogen (secondary N) is 1. The molecule has 0 aliphatic rings. The van der Waals surface area contributed by atoms with Crippen LogP contribution in [0.4, 0.5) is 5.82 Å². The van der Waals surface area contributed by atoms with Crippen molar-refractivity contribution in [1.82, 2.24) is 25.1 Å². The van der Waals surface area contributed by atoms with Crippen molar-refractivity contribution in [2.24, 2.45) is 0 Å². The number of carbonyl (C=O) groups is 1. The van der Waals surface area contributed by atoms with Crippen molar-refractivity contribution in [3.63, 3.8) is 0 Å². The van der Waals surface area contributed by atoms with Gasteiger partial charge in [-0.1, -0.05) is 12.1 Å². The molecule has 1 aromatic carbocycles. The van der Waals surface area contributed by atoms with Crippen molar-refractivity contribution in [3.05, 3.63) is 59.2 Å². The molecule has 0 atom stereocenters. The Hall–Kier alpha value is -3.42. The summed E-state index contributed by atoms with van der Waals surface area (Å²) in [4.78, 5) is 23.0. The fourth-order valence-electron chi connectivity index (χ4n) is 3.44. The van der Waals surface area contributed by atoms with E-state index >= 15 is 0 Å². The number of carbonyl (C=O) groups excluding carboxylic acids is 1. The van der Waals surface area contributed by atoms with E-state index in [-0.39, 0.29) is 12.0 Å². The first-order valence-electron chi connectivity index (χ1n) is 10.8. The average Bonchev–Trinajstić information content (AvgIpc) is 3.04. The standard InChI is InChI=1S/C24H32N6O2/c1-16(2)32-20-9-7-19(8-10-20)14-25-24(31)12-11-21-17(3)28-30(18(21)4)23-13-22(29(5)6)26-15-27-23/h7-10,13,15-16H,11-12,14H2,1-6H3,(H,25,31). The number of aromatic nitrogens is 4. The first kappa shape index (κ1) is 23.2. The molecule has 0 saturated carbocycles. The topological polar surface area (TPSA) is 85.2 Å². The monoisotopic (exact) mass is 436 g/mol. The number of anilines is 1. The Morgan fingerprint density at radius 2 is 1.88 bits per heavy atom. The van der Waals surface area contributed by atoms with Crippen molar-refractivity contribution in [2.75, 3.05) is 19.0 Å². The predicted octanol–water partition coefficient (Wildman–Crippen LogP) is 3.38. The molecule has 0 bridgehead atoms. The zero-order chi connectivity index (χ0) is 23.3. The molecular formula is C24H32N6O2. The van der Waals surface area contributed by atoms with Gasteiger partial charge in [-0.05, 0) is 57.4 Å². The van der Waals surface area contributed by atoms with E-state index in [2.05, 4.69) is 20.4 Å². The van der Waals surface area contributed by atoms with Crippen LogP contribution in [-0.4, -0.2) is 45.9 Å². The minimum Gasteiger partial charge on any atom is -0.491 e. The summed E-state index contributed by atoms with van der Waals surface area (Å²) in [5.74, 6) is 2.37. The van der Waals surface area contributed by atoms with Crippen molar-refractivity contribution < 1.29 is 9.53 Å². The van der Waals surface area contributed by atoms with Crippen LogP contribution in [0, 0.1) is 13.8 Å². The molecule has 32 heavy (non-hydrogen) atoms. The molecule has 1 amide bonds. The highest BCUT2D eigenvalue weighted by molar-refractivity contribution is 5.76. The lowest BCUT2D eigenvalue weighted by Crippen LogP contribution is -2.23. The van der Waals surface area contributed by atoms with Gasteiger partial charge in [0, 0.05) is 38.8 Å². The van der Waals surface area contributed by atoms with Gasteiger partial charge < -0.3 is 15.0 Å². The number of nitrogens with zero attached hydrogens (tertiary/aromatic N) is 5. The Bertz CT molecular complexity index is 1060. The number of aryl methyl sites for hydroxylation is 1. The molecule has 2 heterocycles. The second-order valence-electron chi connectivity index (χ2n) is 8.28. The quantitative estimate of drug-likeness (QED) is 0.554. The Morgan fingerprint density at radius 3 is 2.53 bits per heavy atom. The van der Waals surface area contributed by atoms with Crippen LogP contribution in [0.3, 0.4) is 0 Å². The Labute approximate surface area is 189 Å². The summed E-state index contributed by atoms with van der Waals surface area (Å²) in [5, 5.41) is 7.64. The smallest absolute Gasteiger partial charge is 0.220 e. The zero-order valence-electron chi connectivity index (χ0n) is 19.7. The molecule has 3 rings (SSSR count). The van der Waals surface area contributed by atoms with Gasteiger partial charge in [-0.15, -0.1) is 0 Å². The van der Waals surface area contributed by atoms with E-state index in [0.717, 1.165) is 34.1 Å². The summed E-state index contributed by atoms with van der Waals surface area (Å²) in [6.45, 7) is 8.45. The third-order valence-corrected chi connectivity index (χ3v) is 5.14. The van der Waals surface area contributed by atoms with E-state index < -0.39 is 0 Å². The van der Waals surface area contributed by atoms with Gasteiger partial charge in [0.2, 0.25) is 5.91 Å². The summed E-state index contributed by atoms with van der Waals surface area (Å²) >= 11 is 0. The second kappa shape index (κ2) is 10.3. The van der Waals surface area contributed by atoms with Crippen LogP contribution in [0.1, 0.15) is 42.8 Å². The molecule has 170 valence electrons. The van der Waals surface area contributed by atoms with Crippen LogP contribution in [0.25, 0.3) is 5.82 Å². The fourth-order valence-corrected chi connectivity index (χ4v) is 3.44. The Morgan fingerprint density at radius 1 is 1.16 bits per heavy atom. The maximum atomic E-state index is 12.4. The van der Waals surface area contributed by atoms with Gasteiger partial charge in [-0.25, -0.2) is 14.6 Å². The first-order valence-corrected chi connectivity index (χ1v) is 10.8. The maximum Gasteiger partial charge on any atom is 0.220 e. The number of ether oxygens (including phenoxy) is 1. The lowest BCUT2D eigenvalue weighted by atomic mass is 10.1. The number of hydrogen-bond donors (Lipinski definition) is 1. The molecule has 0 aliphatic heterocycles. The summed E-state index contributed by atoms with van der Waals surface area (Å²) in [7, 11) is 3.87. The van der Waals surface area contributed by atoms with E-state index in [4.69, 9.17) is 4.74 Å². The molecule has 8 heteroatoms. The van der Waals surface area contributed by atoms with E-state index in [9.17, 15) is 4.79 Å². The van der Waals surface area contributed by atoms with E-state index in [1.165, 1.54) is 6.33 Å². The number of amides is 1. The molecular weight excluding hydrogens is 404 g/mol. The Kier molecular flexibility index (Phi) is 7.45. The number of rotatable bonds is 9. The lowest BCUT2D eigenvalue weighted by Gasteiger charge is -2.12. The second-order valence-corrected chi connectivity index (χ2v) is 8.28. The molecule has 2 aromatic heterocycles. The highest BCUT2D eigenvalue weighted by Gasteiger charge is 2.15. The summed E-state index contributed by atoms with van der Waals surface area (Å²) < 4.78 is 7.47. The molecule has 3 aromatic rings. The SMILES string of the molecule is Cc1nn(-c2cc(N(C)C)ncn2)c(C)c1CCC(=O)NCc1ccc(OC(C)C)cc1. The highest BCUT2D eigenvalue weighted by Crippen LogP contribution is 2.20. The third-order valence-electron chi connectivity index (χ3n) is 5.14. The minimum absolute atomic E-state index is 0.0102. The molecule has 0 unspecified atom stereocenters. The largest absolute Gasteiger partial charge is 0.491 e. The van der Waals surface area contributed by atoms with Crippen molar-refractivity contribution in [1.29, 1.82) is 0 Å². The number of benzene rings is 1. The van der Waals surface area contributed by atoms with Gasteiger partial charge in [0.15, 0.2) is 5.82 Å². The van der Waals surface area contributed by atoms with Crippen LogP contribution in [0.15, 0.2) is 36.7 Å². The van der Waals surface area contributed by atoms with Gasteiger partial charge in [-0.2, -0.15) is 5.10 Å². The molecule has 0 radical (unpaired) electrons. The predicted molar refractivity (Wildman–Crippen MR) is 125 cm³/mol. The Balaban J connectivity index is 1.59. The van der Waals surface area contributed by atoms with Crippen molar-refractivity contribution in [3.8, 4) is 11.6 Å². The van der Waals surface area contributed by atoms with E-state index in [0.29, 0.717) is 25.2 Å². The third kappa shape index (κ3) is 5.84. The molecule has 8 nitrogen and oxygen atoms in total. The van der Waals surface area contributed by atoms with Gasteiger partial charge in [0.05, 0.1) is 11.8 Å². The van der Waals surface area contributed by atoms with Crippen molar-refractivity contribution >= 4 is 11.7 Å². The van der Waals surface area contributed by atoms with Crippen LogP contribution in [0.2, 0.25) is 0 Å². The molecule has 1 N–H and O–H groups in total. The maximum absolute atomic E-state index is 12.4. The minimum atomic E-state index is 0.0102. The lowest BCUT2D eigenvalue weighted by molar-refractivity contribution is -0.121. The summed E-state index contributed by atoms with van der Waals surface area (Å²) in [5.41, 5.74) is 4.00. The van der Waals surface area contributed by atoms with Crippen LogP contribution in [-0.2, 0) is 17.8 Å². The van der Waals surface area contributed by atoms with Gasteiger partial charge in [0.25, 0.3) is 0 Å². The fraction of sp³-hybridized carbons (Fsp3) is 0.417. The number of hydrogen-bond acceptors (Lipinski definition) is 6. The average molecular weight is 437 g/mol. The van der Waals surface area contributed by atoms with Crippen molar-refractivity contribution in [2.45, 2.75) is 53.2 Å². The zero-order valence-corrected chi connectivity index (χ0v) is 19.7. The first-order chi connectivity index (χ1) is 15.2.